The average Bonchev–Trinajstić information content (AvgIpc) is 2.49. The Kier molecular flexibility index (Phi) is 3.33. The summed E-state index contributed by atoms with van der Waals surface area (Å²) in [7, 11) is 0. The van der Waals surface area contributed by atoms with Crippen LogP contribution in [0.25, 0.3) is 11.6 Å². The van der Waals surface area contributed by atoms with Gasteiger partial charge >= 0.3 is 0 Å². The van der Waals surface area contributed by atoms with Gasteiger partial charge in [-0.3, -0.25) is 0 Å². The Morgan fingerprint density at radius 3 is 2.45 bits per heavy atom. The standard InChI is InChI=1S/C17H16O3/c1-12(10-13-2-5-15(18)6-3-13)14-4-7-16-17(11-14)20-9-8-19-16/h2-7,10-11,18H,8-9H2,1H3/b12-10+. The molecular formula is C17H16O3. The maximum absolute atomic E-state index is 9.29. The first kappa shape index (κ1) is 12.6. The highest BCUT2D eigenvalue weighted by Crippen LogP contribution is 2.33. The van der Waals surface area contributed by atoms with Gasteiger partial charge in [0, 0.05) is 0 Å². The number of rotatable bonds is 2. The van der Waals surface area contributed by atoms with Gasteiger partial charge < -0.3 is 14.6 Å². The minimum Gasteiger partial charge on any atom is -0.508 e. The fourth-order valence-electron chi connectivity index (χ4n) is 2.19. The molecule has 0 aromatic heterocycles. The molecule has 3 heteroatoms. The van der Waals surface area contributed by atoms with Gasteiger partial charge in [-0.25, -0.2) is 0 Å². The molecule has 3 rings (SSSR count). The Labute approximate surface area is 118 Å². The van der Waals surface area contributed by atoms with E-state index in [-0.39, 0.29) is 5.75 Å². The summed E-state index contributed by atoms with van der Waals surface area (Å²) in [5, 5.41) is 9.29. The SMILES string of the molecule is C/C(=C\c1ccc(O)cc1)c1ccc2c(c1)OCCO2. The van der Waals surface area contributed by atoms with Crippen LogP contribution in [0.5, 0.6) is 17.2 Å². The molecule has 1 aliphatic rings. The Bertz CT molecular complexity index is 642. The van der Waals surface area contributed by atoms with E-state index in [1.54, 1.807) is 12.1 Å². The van der Waals surface area contributed by atoms with Crippen molar-refractivity contribution in [3.8, 4) is 17.2 Å². The Morgan fingerprint density at radius 1 is 1.00 bits per heavy atom. The van der Waals surface area contributed by atoms with Gasteiger partial charge in [-0.05, 0) is 47.9 Å². The first-order valence-electron chi connectivity index (χ1n) is 6.60. The third kappa shape index (κ3) is 2.62. The predicted molar refractivity (Wildman–Crippen MR) is 79.1 cm³/mol. The fraction of sp³-hybridized carbons (Fsp3) is 0.176. The molecule has 2 aromatic carbocycles. The number of ether oxygens (including phenoxy) is 2. The van der Waals surface area contributed by atoms with Crippen molar-refractivity contribution in [2.45, 2.75) is 6.92 Å². The van der Waals surface area contributed by atoms with Gasteiger partial charge in [0.1, 0.15) is 19.0 Å². The molecule has 0 saturated heterocycles. The molecule has 0 radical (unpaired) electrons. The Morgan fingerprint density at radius 2 is 1.70 bits per heavy atom. The van der Waals surface area contributed by atoms with Gasteiger partial charge in [-0.1, -0.05) is 24.3 Å². The van der Waals surface area contributed by atoms with E-state index in [2.05, 4.69) is 13.0 Å². The molecule has 0 amide bonds. The van der Waals surface area contributed by atoms with Gasteiger partial charge in [-0.2, -0.15) is 0 Å². The van der Waals surface area contributed by atoms with Crippen molar-refractivity contribution >= 4 is 11.6 Å². The van der Waals surface area contributed by atoms with Gasteiger partial charge in [0.15, 0.2) is 11.5 Å². The van der Waals surface area contributed by atoms with Crippen molar-refractivity contribution in [3.05, 3.63) is 53.6 Å². The molecular weight excluding hydrogens is 252 g/mol. The van der Waals surface area contributed by atoms with Crippen LogP contribution >= 0.6 is 0 Å². The first-order valence-corrected chi connectivity index (χ1v) is 6.60. The molecule has 20 heavy (non-hydrogen) atoms. The number of benzene rings is 2. The maximum Gasteiger partial charge on any atom is 0.161 e. The van der Waals surface area contributed by atoms with Crippen molar-refractivity contribution in [1.82, 2.24) is 0 Å². The zero-order valence-corrected chi connectivity index (χ0v) is 11.3. The lowest BCUT2D eigenvalue weighted by Crippen LogP contribution is -2.15. The van der Waals surface area contributed by atoms with Crippen LogP contribution < -0.4 is 9.47 Å². The Balaban J connectivity index is 1.90. The lowest BCUT2D eigenvalue weighted by atomic mass is 10.0. The number of phenols is 1. The largest absolute Gasteiger partial charge is 0.508 e. The van der Waals surface area contributed by atoms with Crippen LogP contribution in [0.15, 0.2) is 42.5 Å². The minimum atomic E-state index is 0.277. The third-order valence-electron chi connectivity index (χ3n) is 3.27. The molecule has 0 fully saturated rings. The summed E-state index contributed by atoms with van der Waals surface area (Å²) in [6.45, 7) is 3.25. The normalized spacial score (nSPS) is 14.2. The topological polar surface area (TPSA) is 38.7 Å². The summed E-state index contributed by atoms with van der Waals surface area (Å²) < 4.78 is 11.1. The van der Waals surface area contributed by atoms with Crippen LogP contribution in [-0.4, -0.2) is 18.3 Å². The molecule has 1 heterocycles. The molecule has 0 unspecified atom stereocenters. The van der Waals surface area contributed by atoms with E-state index in [4.69, 9.17) is 9.47 Å². The van der Waals surface area contributed by atoms with Crippen LogP contribution in [0.2, 0.25) is 0 Å². The number of hydrogen-bond acceptors (Lipinski definition) is 3. The number of allylic oxidation sites excluding steroid dienone is 1. The van der Waals surface area contributed by atoms with Crippen LogP contribution in [0, 0.1) is 0 Å². The molecule has 2 aromatic rings. The lowest BCUT2D eigenvalue weighted by Gasteiger charge is -2.19. The molecule has 0 aliphatic carbocycles. The van der Waals surface area contributed by atoms with E-state index in [0.29, 0.717) is 13.2 Å². The molecule has 102 valence electrons. The second-order valence-corrected chi connectivity index (χ2v) is 4.78. The summed E-state index contributed by atoms with van der Waals surface area (Å²) >= 11 is 0. The molecule has 1 aliphatic heterocycles. The van der Waals surface area contributed by atoms with E-state index in [1.807, 2.05) is 30.3 Å². The van der Waals surface area contributed by atoms with Crippen LogP contribution in [0.3, 0.4) is 0 Å². The van der Waals surface area contributed by atoms with Crippen molar-refractivity contribution in [3.63, 3.8) is 0 Å². The molecule has 1 N–H and O–H groups in total. The second-order valence-electron chi connectivity index (χ2n) is 4.78. The van der Waals surface area contributed by atoms with Crippen LogP contribution in [-0.2, 0) is 0 Å². The molecule has 0 spiro atoms. The second kappa shape index (κ2) is 5.29. The van der Waals surface area contributed by atoms with Crippen LogP contribution in [0.4, 0.5) is 0 Å². The zero-order chi connectivity index (χ0) is 13.9. The summed E-state index contributed by atoms with van der Waals surface area (Å²) in [4.78, 5) is 0. The Hall–Kier alpha value is -2.42. The van der Waals surface area contributed by atoms with E-state index in [9.17, 15) is 5.11 Å². The number of phenolic OH excluding ortho intramolecular Hbond substituents is 1. The average molecular weight is 268 g/mol. The van der Waals surface area contributed by atoms with E-state index in [1.165, 1.54) is 0 Å². The highest BCUT2D eigenvalue weighted by molar-refractivity contribution is 5.81. The zero-order valence-electron chi connectivity index (χ0n) is 11.3. The summed E-state index contributed by atoms with van der Waals surface area (Å²) in [6.07, 6.45) is 2.07. The highest BCUT2D eigenvalue weighted by atomic mass is 16.6. The highest BCUT2D eigenvalue weighted by Gasteiger charge is 2.12. The van der Waals surface area contributed by atoms with Crippen molar-refractivity contribution in [2.24, 2.45) is 0 Å². The minimum absolute atomic E-state index is 0.277. The third-order valence-corrected chi connectivity index (χ3v) is 3.27. The van der Waals surface area contributed by atoms with Gasteiger partial charge in [0.25, 0.3) is 0 Å². The monoisotopic (exact) mass is 268 g/mol. The summed E-state index contributed by atoms with van der Waals surface area (Å²) in [6, 6.07) is 13.1. The van der Waals surface area contributed by atoms with Gasteiger partial charge in [0.2, 0.25) is 0 Å². The smallest absolute Gasteiger partial charge is 0.161 e. The van der Waals surface area contributed by atoms with Gasteiger partial charge in [-0.15, -0.1) is 0 Å². The number of hydrogen-bond donors (Lipinski definition) is 1. The fourth-order valence-corrected chi connectivity index (χ4v) is 2.19. The molecule has 3 nitrogen and oxygen atoms in total. The van der Waals surface area contributed by atoms with Crippen molar-refractivity contribution < 1.29 is 14.6 Å². The maximum atomic E-state index is 9.29. The van der Waals surface area contributed by atoms with Crippen molar-refractivity contribution in [2.75, 3.05) is 13.2 Å². The lowest BCUT2D eigenvalue weighted by molar-refractivity contribution is 0.171. The first-order chi connectivity index (χ1) is 9.72. The summed E-state index contributed by atoms with van der Waals surface area (Å²) in [5.41, 5.74) is 3.28. The van der Waals surface area contributed by atoms with Crippen molar-refractivity contribution in [1.29, 1.82) is 0 Å². The quantitative estimate of drug-likeness (QED) is 0.843. The molecule has 0 atom stereocenters. The van der Waals surface area contributed by atoms with Gasteiger partial charge in [0.05, 0.1) is 0 Å². The summed E-state index contributed by atoms with van der Waals surface area (Å²) in [5.74, 6) is 1.88. The molecule has 0 bridgehead atoms. The molecule has 0 saturated carbocycles. The predicted octanol–water partition coefficient (Wildman–Crippen LogP) is 3.72. The van der Waals surface area contributed by atoms with E-state index >= 15 is 0 Å². The van der Waals surface area contributed by atoms with Crippen LogP contribution in [0.1, 0.15) is 18.1 Å². The van der Waals surface area contributed by atoms with E-state index < -0.39 is 0 Å². The number of aromatic hydroxyl groups is 1. The number of fused-ring (bicyclic) bond motifs is 1. The van der Waals surface area contributed by atoms with E-state index in [0.717, 1.165) is 28.2 Å².